The highest BCUT2D eigenvalue weighted by Crippen LogP contribution is 2.68. The van der Waals surface area contributed by atoms with Crippen LogP contribution in [0.1, 0.15) is 46.5 Å². The van der Waals surface area contributed by atoms with Crippen LogP contribution in [-0.4, -0.2) is 36.2 Å². The molecule has 4 nitrogen and oxygen atoms in total. The third kappa shape index (κ3) is 3.57. The van der Waals surface area contributed by atoms with Crippen LogP contribution >= 0.6 is 0 Å². The molecule has 186 valence electrons. The SMILES string of the molecule is CC(=O)OCC(=O)[C@H]1[C@H](C(F)(F)C(F)(F)F)CC2C3CCC4=CC(=O)C=C[C@]4(C)C3=CC[C@@]21C. The van der Waals surface area contributed by atoms with E-state index in [9.17, 15) is 36.3 Å². The zero-order valence-electron chi connectivity index (χ0n) is 19.2. The molecular weight excluding hydrogens is 459 g/mol. The molecule has 0 aliphatic heterocycles. The number of hydrogen-bond acceptors (Lipinski definition) is 4. The molecule has 0 aromatic heterocycles. The maximum atomic E-state index is 14.8. The van der Waals surface area contributed by atoms with Crippen LogP contribution in [0.5, 0.6) is 0 Å². The van der Waals surface area contributed by atoms with E-state index >= 15 is 0 Å². The third-order valence-electron chi connectivity index (χ3n) is 8.61. The van der Waals surface area contributed by atoms with Crippen LogP contribution in [-0.2, 0) is 19.1 Å². The van der Waals surface area contributed by atoms with Crippen molar-refractivity contribution in [3.05, 3.63) is 35.5 Å². The zero-order valence-corrected chi connectivity index (χ0v) is 19.2. The van der Waals surface area contributed by atoms with E-state index in [1.165, 1.54) is 6.08 Å². The Morgan fingerprint density at radius 3 is 2.47 bits per heavy atom. The average Bonchev–Trinajstić information content (AvgIpc) is 3.05. The Balaban J connectivity index is 1.77. The Hall–Kier alpha value is -2.32. The van der Waals surface area contributed by atoms with Crippen molar-refractivity contribution in [2.24, 2.45) is 34.5 Å². The van der Waals surface area contributed by atoms with Crippen molar-refractivity contribution >= 4 is 17.5 Å². The van der Waals surface area contributed by atoms with E-state index in [4.69, 9.17) is 4.74 Å². The lowest BCUT2D eigenvalue weighted by atomic mass is 9.52. The third-order valence-corrected chi connectivity index (χ3v) is 8.61. The summed E-state index contributed by atoms with van der Waals surface area (Å²) < 4.78 is 74.8. The molecule has 2 saturated carbocycles. The second kappa shape index (κ2) is 7.85. The van der Waals surface area contributed by atoms with Crippen molar-refractivity contribution in [1.29, 1.82) is 0 Å². The number of carbonyl (C=O) groups excluding carboxylic acids is 3. The van der Waals surface area contributed by atoms with Crippen molar-refractivity contribution in [3.63, 3.8) is 0 Å². The highest BCUT2D eigenvalue weighted by atomic mass is 19.4. The molecule has 2 unspecified atom stereocenters. The van der Waals surface area contributed by atoms with E-state index in [0.717, 1.165) is 18.1 Å². The van der Waals surface area contributed by atoms with Crippen molar-refractivity contribution in [2.75, 3.05) is 6.61 Å². The zero-order chi connectivity index (χ0) is 25.3. The molecule has 4 rings (SSSR count). The molecular formula is C25H27F5O4. The maximum absolute atomic E-state index is 14.8. The summed E-state index contributed by atoms with van der Waals surface area (Å²) in [4.78, 5) is 36.1. The molecule has 0 aromatic carbocycles. The molecule has 0 aromatic rings. The number of ether oxygens (including phenoxy) is 1. The quantitative estimate of drug-likeness (QED) is 0.304. The summed E-state index contributed by atoms with van der Waals surface area (Å²) in [6, 6.07) is 0. The molecule has 0 bridgehead atoms. The fourth-order valence-corrected chi connectivity index (χ4v) is 7.00. The van der Waals surface area contributed by atoms with Gasteiger partial charge in [0.1, 0.15) is 6.61 Å². The van der Waals surface area contributed by atoms with Crippen LogP contribution in [0.15, 0.2) is 35.5 Å². The van der Waals surface area contributed by atoms with E-state index < -0.39 is 65.5 Å². The van der Waals surface area contributed by atoms with E-state index in [1.807, 2.05) is 13.0 Å². The summed E-state index contributed by atoms with van der Waals surface area (Å²) in [5.41, 5.74) is 0.0819. The van der Waals surface area contributed by atoms with Crippen LogP contribution in [0.2, 0.25) is 0 Å². The van der Waals surface area contributed by atoms with Gasteiger partial charge in [0.05, 0.1) is 0 Å². The van der Waals surface area contributed by atoms with Crippen LogP contribution in [0.3, 0.4) is 0 Å². The van der Waals surface area contributed by atoms with Crippen LogP contribution < -0.4 is 0 Å². The molecule has 2 fully saturated rings. The van der Waals surface area contributed by atoms with Crippen molar-refractivity contribution in [1.82, 2.24) is 0 Å². The molecule has 0 spiro atoms. The predicted octanol–water partition coefficient (Wildman–Crippen LogP) is 5.39. The normalized spacial score (nSPS) is 37.2. The largest absolute Gasteiger partial charge is 0.458 e. The van der Waals surface area contributed by atoms with Gasteiger partial charge in [-0.05, 0) is 62.0 Å². The van der Waals surface area contributed by atoms with Gasteiger partial charge in [-0.2, -0.15) is 22.0 Å². The number of alkyl halides is 5. The number of hydrogen-bond donors (Lipinski definition) is 0. The van der Waals surface area contributed by atoms with E-state index in [0.29, 0.717) is 12.8 Å². The second-order valence-electron chi connectivity index (χ2n) is 10.4. The van der Waals surface area contributed by atoms with Gasteiger partial charge in [-0.3, -0.25) is 14.4 Å². The molecule has 4 aliphatic carbocycles. The number of rotatable bonds is 4. The van der Waals surface area contributed by atoms with Gasteiger partial charge in [-0.1, -0.05) is 30.2 Å². The first-order valence-electron chi connectivity index (χ1n) is 11.4. The summed E-state index contributed by atoms with van der Waals surface area (Å²) in [6.07, 6.45) is 1.59. The van der Waals surface area contributed by atoms with Gasteiger partial charge >= 0.3 is 18.1 Å². The number of ketones is 2. The first kappa shape index (κ1) is 24.8. The molecule has 4 aliphatic rings. The first-order valence-corrected chi connectivity index (χ1v) is 11.4. The highest BCUT2D eigenvalue weighted by molar-refractivity contribution is 6.01. The molecule has 0 amide bonds. The van der Waals surface area contributed by atoms with Gasteiger partial charge in [0.25, 0.3) is 0 Å². The Morgan fingerprint density at radius 1 is 1.18 bits per heavy atom. The van der Waals surface area contributed by atoms with Crippen LogP contribution in [0.25, 0.3) is 0 Å². The van der Waals surface area contributed by atoms with Crippen LogP contribution in [0.4, 0.5) is 22.0 Å². The van der Waals surface area contributed by atoms with E-state index in [2.05, 4.69) is 0 Å². The number of esters is 1. The highest BCUT2D eigenvalue weighted by Gasteiger charge is 2.72. The Labute approximate surface area is 194 Å². The van der Waals surface area contributed by atoms with Crippen molar-refractivity contribution in [2.45, 2.75) is 58.6 Å². The smallest absolute Gasteiger partial charge is 0.453 e. The van der Waals surface area contributed by atoms with Gasteiger partial charge < -0.3 is 4.74 Å². The molecule has 0 radical (unpaired) electrons. The molecule has 0 N–H and O–H groups in total. The van der Waals surface area contributed by atoms with Gasteiger partial charge in [0.15, 0.2) is 11.6 Å². The first-order chi connectivity index (χ1) is 15.6. The Bertz CT molecular complexity index is 1020. The van der Waals surface area contributed by atoms with Gasteiger partial charge in [-0.25, -0.2) is 0 Å². The number of halogens is 5. The molecule has 0 heterocycles. The number of allylic oxidation sites excluding steroid dienone is 6. The summed E-state index contributed by atoms with van der Waals surface area (Å²) >= 11 is 0. The Kier molecular flexibility index (Phi) is 5.72. The summed E-state index contributed by atoms with van der Waals surface area (Å²) in [7, 11) is 0. The van der Waals surface area contributed by atoms with Gasteiger partial charge in [0, 0.05) is 24.2 Å². The maximum Gasteiger partial charge on any atom is 0.453 e. The standard InChI is InChI=1S/C25H27F5O4/c1-13(31)34-12-20(33)21-19(24(26,27)25(28,29)30)11-18-16-5-4-14-10-15(32)6-8-22(14,2)17(16)7-9-23(18,21)3/h6-8,10,16,18-19,21H,4-5,9,11-12H2,1-3H3/t16?,18?,19-,21-,22+,23+/m1/s1. The van der Waals surface area contributed by atoms with E-state index in [1.54, 1.807) is 19.1 Å². The minimum absolute atomic E-state index is 0.131. The average molecular weight is 486 g/mol. The lowest BCUT2D eigenvalue weighted by Gasteiger charge is -2.52. The molecule has 6 atom stereocenters. The minimum Gasteiger partial charge on any atom is -0.458 e. The monoisotopic (exact) mass is 486 g/mol. The topological polar surface area (TPSA) is 60.4 Å². The van der Waals surface area contributed by atoms with Crippen LogP contribution in [0, 0.1) is 34.5 Å². The summed E-state index contributed by atoms with van der Waals surface area (Å²) in [5.74, 6) is -11.6. The fraction of sp³-hybridized carbons (Fsp3) is 0.640. The molecule has 9 heteroatoms. The molecule has 0 saturated heterocycles. The van der Waals surface area contributed by atoms with Crippen molar-refractivity contribution in [3.8, 4) is 0 Å². The fourth-order valence-electron chi connectivity index (χ4n) is 7.00. The van der Waals surface area contributed by atoms with Crippen molar-refractivity contribution < 1.29 is 41.1 Å². The minimum atomic E-state index is -5.81. The lowest BCUT2D eigenvalue weighted by molar-refractivity contribution is -0.306. The van der Waals surface area contributed by atoms with E-state index in [-0.39, 0.29) is 18.1 Å². The number of fused-ring (bicyclic) bond motifs is 5. The summed E-state index contributed by atoms with van der Waals surface area (Å²) in [6.45, 7) is 3.76. The van der Waals surface area contributed by atoms with Gasteiger partial charge in [-0.15, -0.1) is 0 Å². The summed E-state index contributed by atoms with van der Waals surface area (Å²) in [5, 5.41) is 0. The Morgan fingerprint density at radius 2 is 1.85 bits per heavy atom. The lowest BCUT2D eigenvalue weighted by Crippen LogP contribution is -2.50. The number of Topliss-reactive ketones (excluding diaryl/α,β-unsaturated/α-hetero) is 1. The van der Waals surface area contributed by atoms with Gasteiger partial charge in [0.2, 0.25) is 0 Å². The number of carbonyl (C=O) groups is 3. The second-order valence-corrected chi connectivity index (χ2v) is 10.4. The molecule has 34 heavy (non-hydrogen) atoms. The predicted molar refractivity (Wildman–Crippen MR) is 112 cm³/mol.